The summed E-state index contributed by atoms with van der Waals surface area (Å²) in [6.07, 6.45) is 1.53. The monoisotopic (exact) mass is 299 g/mol. The zero-order valence-corrected chi connectivity index (χ0v) is 11.9. The molecule has 3 N–H and O–H groups in total. The lowest BCUT2D eigenvalue weighted by molar-refractivity contribution is 0.179. The van der Waals surface area contributed by atoms with Crippen LogP contribution in [0.4, 0.5) is 5.82 Å². The van der Waals surface area contributed by atoms with Crippen LogP contribution in [0, 0.1) is 11.3 Å². The Balaban J connectivity index is 3.11. The summed E-state index contributed by atoms with van der Waals surface area (Å²) in [7, 11) is -2.31. The van der Waals surface area contributed by atoms with Gasteiger partial charge in [-0.05, 0) is 12.1 Å². The Labute approximate surface area is 118 Å². The summed E-state index contributed by atoms with van der Waals surface area (Å²) in [5.74, 6) is 5.34. The lowest BCUT2D eigenvalue weighted by Gasteiger charge is -2.21. The number of anilines is 1. The van der Waals surface area contributed by atoms with Crippen LogP contribution in [0.2, 0.25) is 0 Å². The van der Waals surface area contributed by atoms with Crippen molar-refractivity contribution in [3.63, 3.8) is 0 Å². The second kappa shape index (κ2) is 7.76. The Morgan fingerprint density at radius 2 is 2.30 bits per heavy atom. The third-order valence-electron chi connectivity index (χ3n) is 2.54. The number of ether oxygens (including phenoxy) is 1. The number of nitriles is 1. The summed E-state index contributed by atoms with van der Waals surface area (Å²) in [4.78, 5) is 3.84. The van der Waals surface area contributed by atoms with Gasteiger partial charge in [0.05, 0.1) is 12.7 Å². The molecule has 1 aromatic heterocycles. The van der Waals surface area contributed by atoms with Gasteiger partial charge in [-0.25, -0.2) is 19.2 Å². The van der Waals surface area contributed by atoms with Crippen molar-refractivity contribution in [1.82, 2.24) is 9.29 Å². The van der Waals surface area contributed by atoms with E-state index in [1.54, 1.807) is 0 Å². The average molecular weight is 299 g/mol. The highest BCUT2D eigenvalue weighted by Crippen LogP contribution is 2.21. The summed E-state index contributed by atoms with van der Waals surface area (Å²) in [5.41, 5.74) is 2.26. The Morgan fingerprint density at radius 1 is 1.55 bits per heavy atom. The second-order valence-corrected chi connectivity index (χ2v) is 5.71. The molecule has 9 heteroatoms. The van der Waals surface area contributed by atoms with Crippen LogP contribution in [0.1, 0.15) is 6.42 Å². The molecule has 8 nitrogen and oxygen atoms in total. The van der Waals surface area contributed by atoms with E-state index in [9.17, 15) is 8.42 Å². The van der Waals surface area contributed by atoms with Crippen LogP contribution in [0.15, 0.2) is 23.2 Å². The average Bonchev–Trinajstić information content (AvgIpc) is 2.47. The first kappa shape index (κ1) is 16.3. The topological polar surface area (TPSA) is 121 Å². The minimum atomic E-state index is -3.79. The molecule has 20 heavy (non-hydrogen) atoms. The number of nitrogens with two attached hydrogens (primary N) is 1. The number of nitrogen functional groups attached to an aromatic ring is 1. The van der Waals surface area contributed by atoms with Gasteiger partial charge in [0.15, 0.2) is 5.82 Å². The SMILES string of the molecule is COCCN(CCC#N)S(=O)(=O)c1cccnc1NN. The lowest BCUT2D eigenvalue weighted by atomic mass is 10.4. The first-order chi connectivity index (χ1) is 9.57. The molecule has 0 atom stereocenters. The van der Waals surface area contributed by atoms with E-state index < -0.39 is 10.0 Å². The van der Waals surface area contributed by atoms with Crippen molar-refractivity contribution in [2.45, 2.75) is 11.3 Å². The number of nitrogens with one attached hydrogen (secondary N) is 1. The molecule has 0 spiro atoms. The van der Waals surface area contributed by atoms with E-state index in [-0.39, 0.29) is 36.8 Å². The van der Waals surface area contributed by atoms with Gasteiger partial charge in [0, 0.05) is 32.8 Å². The third-order valence-corrected chi connectivity index (χ3v) is 4.47. The van der Waals surface area contributed by atoms with Crippen LogP contribution in [0.3, 0.4) is 0 Å². The van der Waals surface area contributed by atoms with Gasteiger partial charge in [0.2, 0.25) is 10.0 Å². The van der Waals surface area contributed by atoms with Crippen molar-refractivity contribution in [3.8, 4) is 6.07 Å². The number of nitrogens with zero attached hydrogens (tertiary/aromatic N) is 3. The van der Waals surface area contributed by atoms with Gasteiger partial charge < -0.3 is 10.2 Å². The van der Waals surface area contributed by atoms with Crippen molar-refractivity contribution < 1.29 is 13.2 Å². The summed E-state index contributed by atoms with van der Waals surface area (Å²) in [5, 5.41) is 8.63. The van der Waals surface area contributed by atoms with E-state index >= 15 is 0 Å². The van der Waals surface area contributed by atoms with Gasteiger partial charge in [-0.1, -0.05) is 0 Å². The van der Waals surface area contributed by atoms with Crippen molar-refractivity contribution in [3.05, 3.63) is 18.3 Å². The van der Waals surface area contributed by atoms with Crippen LogP contribution in [-0.4, -0.2) is 44.5 Å². The summed E-state index contributed by atoms with van der Waals surface area (Å²) < 4.78 is 31.2. The highest BCUT2D eigenvalue weighted by Gasteiger charge is 2.27. The molecule has 0 aliphatic rings. The van der Waals surface area contributed by atoms with Crippen molar-refractivity contribution in [1.29, 1.82) is 5.26 Å². The smallest absolute Gasteiger partial charge is 0.246 e. The molecule has 1 aromatic rings. The van der Waals surface area contributed by atoms with E-state index in [2.05, 4.69) is 10.4 Å². The molecule has 0 amide bonds. The Hall–Kier alpha value is -1.73. The first-order valence-corrected chi connectivity index (χ1v) is 7.29. The van der Waals surface area contributed by atoms with Crippen LogP contribution in [0.5, 0.6) is 0 Å². The third kappa shape index (κ3) is 3.88. The Bertz CT molecular complexity index is 570. The number of hydrogen-bond donors (Lipinski definition) is 2. The Morgan fingerprint density at radius 3 is 2.90 bits per heavy atom. The van der Waals surface area contributed by atoms with E-state index in [0.717, 1.165) is 0 Å². The normalized spacial score (nSPS) is 11.3. The first-order valence-electron chi connectivity index (χ1n) is 5.85. The molecule has 1 heterocycles. The van der Waals surface area contributed by atoms with E-state index in [1.807, 2.05) is 6.07 Å². The molecule has 0 unspecified atom stereocenters. The zero-order valence-electron chi connectivity index (χ0n) is 11.1. The molecule has 0 fully saturated rings. The molecule has 0 aliphatic carbocycles. The van der Waals surface area contributed by atoms with Gasteiger partial charge in [-0.2, -0.15) is 9.57 Å². The minimum Gasteiger partial charge on any atom is -0.383 e. The van der Waals surface area contributed by atoms with Crippen LogP contribution in [0.25, 0.3) is 0 Å². The van der Waals surface area contributed by atoms with Gasteiger partial charge in [0.25, 0.3) is 0 Å². The number of aromatic nitrogens is 1. The maximum Gasteiger partial charge on any atom is 0.246 e. The highest BCUT2D eigenvalue weighted by molar-refractivity contribution is 7.89. The molecule has 0 radical (unpaired) electrons. The van der Waals surface area contributed by atoms with Crippen LogP contribution < -0.4 is 11.3 Å². The largest absolute Gasteiger partial charge is 0.383 e. The maximum absolute atomic E-state index is 12.5. The van der Waals surface area contributed by atoms with Gasteiger partial charge >= 0.3 is 0 Å². The Kier molecular flexibility index (Phi) is 6.33. The quantitative estimate of drug-likeness (QED) is 0.508. The van der Waals surface area contributed by atoms with Gasteiger partial charge in [0.1, 0.15) is 4.90 Å². The van der Waals surface area contributed by atoms with Crippen LogP contribution in [-0.2, 0) is 14.8 Å². The lowest BCUT2D eigenvalue weighted by Crippen LogP contribution is -2.35. The fourth-order valence-corrected chi connectivity index (χ4v) is 3.10. The maximum atomic E-state index is 12.5. The molecule has 110 valence electrons. The van der Waals surface area contributed by atoms with Gasteiger partial charge in [-0.3, -0.25) is 0 Å². The zero-order chi connectivity index (χ0) is 15.0. The fraction of sp³-hybridized carbons (Fsp3) is 0.455. The van der Waals surface area contributed by atoms with Crippen molar-refractivity contribution >= 4 is 15.8 Å². The highest BCUT2D eigenvalue weighted by atomic mass is 32.2. The molecule has 0 saturated heterocycles. The number of sulfonamides is 1. The number of hydrogen-bond acceptors (Lipinski definition) is 7. The predicted octanol–water partition coefficient (Wildman–Crippen LogP) is -0.0820. The molecule has 0 aromatic carbocycles. The number of rotatable bonds is 8. The predicted molar refractivity (Wildman–Crippen MR) is 72.9 cm³/mol. The molecular formula is C11H17N5O3S. The summed E-state index contributed by atoms with van der Waals surface area (Å²) in [6, 6.07) is 4.84. The number of hydrazine groups is 1. The summed E-state index contributed by atoms with van der Waals surface area (Å²) in [6.45, 7) is 0.469. The number of methoxy groups -OCH3 is 1. The van der Waals surface area contributed by atoms with Crippen molar-refractivity contribution in [2.75, 3.05) is 32.2 Å². The van der Waals surface area contributed by atoms with Gasteiger partial charge in [-0.15, -0.1) is 0 Å². The summed E-state index contributed by atoms with van der Waals surface area (Å²) >= 11 is 0. The molecule has 1 rings (SSSR count). The fourth-order valence-electron chi connectivity index (χ4n) is 1.57. The molecule has 0 aliphatic heterocycles. The minimum absolute atomic E-state index is 0.0310. The molecule has 0 saturated carbocycles. The van der Waals surface area contributed by atoms with E-state index in [1.165, 1.54) is 29.7 Å². The molecule has 0 bridgehead atoms. The van der Waals surface area contributed by atoms with E-state index in [4.69, 9.17) is 15.8 Å². The number of pyridine rings is 1. The second-order valence-electron chi connectivity index (χ2n) is 3.80. The standard InChI is InChI=1S/C11H17N5O3S/c1-19-9-8-16(7-3-5-12)20(17,18)10-4-2-6-14-11(10)15-13/h2,4,6H,3,7-9,13H2,1H3,(H,14,15). The van der Waals surface area contributed by atoms with Crippen molar-refractivity contribution in [2.24, 2.45) is 5.84 Å². The molecular weight excluding hydrogens is 282 g/mol. The van der Waals surface area contributed by atoms with E-state index in [0.29, 0.717) is 0 Å². The van der Waals surface area contributed by atoms with Crippen LogP contribution >= 0.6 is 0 Å².